The second-order valence-electron chi connectivity index (χ2n) is 8.51. The van der Waals surface area contributed by atoms with Crippen LogP contribution in [0.5, 0.6) is 0 Å². The number of aliphatic carboxylic acids is 1. The van der Waals surface area contributed by atoms with E-state index in [2.05, 4.69) is 20.6 Å². The summed E-state index contributed by atoms with van der Waals surface area (Å²) < 4.78 is 0. The molecule has 0 aromatic carbocycles. The molecular formula is C21H33N7O6. The van der Waals surface area contributed by atoms with Gasteiger partial charge in [0.15, 0.2) is 0 Å². The summed E-state index contributed by atoms with van der Waals surface area (Å²) in [5.74, 6) is -4.09. The maximum atomic E-state index is 13.4. The number of primary amides is 1. The van der Waals surface area contributed by atoms with Crippen molar-refractivity contribution in [3.63, 3.8) is 0 Å². The standard InChI is InChI=1S/C21H33N7O6/c1-3-11(2)17(23)19(31)26-13(7-12-9-24-10-25-12)20(32)28-6-4-5-15(28)18(30)27-14(21(33)34)8-16(22)29/h9-11,13-15,17H,3-8,23H2,1-2H3,(H2,22,29)(H,24,25)(H,26,31)(H,27,30)(H,33,34). The lowest BCUT2D eigenvalue weighted by molar-refractivity contribution is -0.145. The number of carbonyl (C=O) groups excluding carboxylic acids is 4. The highest BCUT2D eigenvalue weighted by atomic mass is 16.4. The van der Waals surface area contributed by atoms with Crippen molar-refractivity contribution in [3.05, 3.63) is 18.2 Å². The zero-order chi connectivity index (χ0) is 25.4. The molecule has 5 unspecified atom stereocenters. The van der Waals surface area contributed by atoms with Crippen LogP contribution < -0.4 is 22.1 Å². The van der Waals surface area contributed by atoms with Crippen LogP contribution in [0.3, 0.4) is 0 Å². The van der Waals surface area contributed by atoms with Crippen LogP contribution in [-0.2, 0) is 30.4 Å². The van der Waals surface area contributed by atoms with Crippen molar-refractivity contribution in [2.24, 2.45) is 17.4 Å². The van der Waals surface area contributed by atoms with Crippen LogP contribution in [0.2, 0.25) is 0 Å². The Morgan fingerprint density at radius 1 is 1.26 bits per heavy atom. The summed E-state index contributed by atoms with van der Waals surface area (Å²) in [5, 5.41) is 14.3. The molecule has 1 aromatic rings. The van der Waals surface area contributed by atoms with Crippen molar-refractivity contribution in [2.75, 3.05) is 6.54 Å². The summed E-state index contributed by atoms with van der Waals surface area (Å²) in [7, 11) is 0. The number of likely N-dealkylation sites (tertiary alicyclic amines) is 1. The smallest absolute Gasteiger partial charge is 0.326 e. The number of nitrogens with one attached hydrogen (secondary N) is 3. The molecular weight excluding hydrogens is 446 g/mol. The molecule has 13 heteroatoms. The fraction of sp³-hybridized carbons (Fsp3) is 0.619. The number of amides is 4. The maximum Gasteiger partial charge on any atom is 0.326 e. The van der Waals surface area contributed by atoms with E-state index in [1.807, 2.05) is 13.8 Å². The quantitative estimate of drug-likeness (QED) is 0.202. The maximum absolute atomic E-state index is 13.4. The number of carboxylic acid groups (broad SMARTS) is 1. The fourth-order valence-electron chi connectivity index (χ4n) is 3.77. The van der Waals surface area contributed by atoms with E-state index in [-0.39, 0.29) is 18.9 Å². The topological polar surface area (TPSA) is 214 Å². The molecule has 2 rings (SSSR count). The van der Waals surface area contributed by atoms with E-state index in [4.69, 9.17) is 11.5 Å². The number of carboxylic acids is 1. The van der Waals surface area contributed by atoms with Gasteiger partial charge in [0.1, 0.15) is 18.1 Å². The van der Waals surface area contributed by atoms with Crippen molar-refractivity contribution < 1.29 is 29.1 Å². The minimum absolute atomic E-state index is 0.0993. The minimum Gasteiger partial charge on any atom is -0.480 e. The van der Waals surface area contributed by atoms with E-state index in [0.29, 0.717) is 25.0 Å². The third-order valence-corrected chi connectivity index (χ3v) is 6.01. The number of hydrogen-bond acceptors (Lipinski definition) is 7. The van der Waals surface area contributed by atoms with Gasteiger partial charge in [0.25, 0.3) is 0 Å². The monoisotopic (exact) mass is 479 g/mol. The number of rotatable bonds is 12. The molecule has 1 saturated heterocycles. The summed E-state index contributed by atoms with van der Waals surface area (Å²) in [6, 6.07) is -4.29. The molecule has 0 spiro atoms. The first-order chi connectivity index (χ1) is 16.0. The van der Waals surface area contributed by atoms with Crippen LogP contribution in [0.25, 0.3) is 0 Å². The van der Waals surface area contributed by atoms with E-state index in [1.54, 1.807) is 0 Å². The third kappa shape index (κ3) is 7.01. The Morgan fingerprint density at radius 2 is 1.97 bits per heavy atom. The van der Waals surface area contributed by atoms with Crippen molar-refractivity contribution in [3.8, 4) is 0 Å². The van der Waals surface area contributed by atoms with Crippen LogP contribution in [0.1, 0.15) is 45.2 Å². The van der Waals surface area contributed by atoms with E-state index in [0.717, 1.165) is 0 Å². The lowest BCUT2D eigenvalue weighted by Gasteiger charge is -2.30. The van der Waals surface area contributed by atoms with Crippen molar-refractivity contribution in [2.45, 2.75) is 70.1 Å². The van der Waals surface area contributed by atoms with Gasteiger partial charge in [-0.15, -0.1) is 0 Å². The molecule has 34 heavy (non-hydrogen) atoms. The Bertz CT molecular complexity index is 890. The number of aromatic nitrogens is 2. The lowest BCUT2D eigenvalue weighted by Crippen LogP contribution is -2.58. The molecule has 1 aromatic heterocycles. The van der Waals surface area contributed by atoms with Crippen LogP contribution in [0.4, 0.5) is 0 Å². The van der Waals surface area contributed by atoms with Crippen LogP contribution in [0.15, 0.2) is 12.5 Å². The van der Waals surface area contributed by atoms with Gasteiger partial charge in [0, 0.05) is 24.9 Å². The molecule has 5 atom stereocenters. The van der Waals surface area contributed by atoms with Gasteiger partial charge in [-0.25, -0.2) is 9.78 Å². The Labute approximate surface area is 197 Å². The van der Waals surface area contributed by atoms with Gasteiger partial charge < -0.3 is 37.1 Å². The lowest BCUT2D eigenvalue weighted by atomic mass is 9.98. The first-order valence-corrected chi connectivity index (χ1v) is 11.2. The van der Waals surface area contributed by atoms with Gasteiger partial charge in [-0.3, -0.25) is 19.2 Å². The molecule has 0 radical (unpaired) electrons. The number of imidazole rings is 1. The molecule has 1 aliphatic heterocycles. The number of nitrogens with two attached hydrogens (primary N) is 2. The molecule has 0 aliphatic carbocycles. The van der Waals surface area contributed by atoms with E-state index < -0.39 is 60.2 Å². The fourth-order valence-corrected chi connectivity index (χ4v) is 3.77. The van der Waals surface area contributed by atoms with Gasteiger partial charge in [-0.05, 0) is 18.8 Å². The largest absolute Gasteiger partial charge is 0.480 e. The first-order valence-electron chi connectivity index (χ1n) is 11.2. The molecule has 2 heterocycles. The molecule has 1 aliphatic rings. The first kappa shape index (κ1) is 26.8. The molecule has 0 bridgehead atoms. The summed E-state index contributed by atoms with van der Waals surface area (Å²) in [4.78, 5) is 69.6. The minimum atomic E-state index is -1.50. The van der Waals surface area contributed by atoms with Crippen molar-refractivity contribution in [1.82, 2.24) is 25.5 Å². The average molecular weight is 480 g/mol. The summed E-state index contributed by atoms with van der Waals surface area (Å²) in [5.41, 5.74) is 11.7. The Kier molecular flexibility index (Phi) is 9.54. The summed E-state index contributed by atoms with van der Waals surface area (Å²) >= 11 is 0. The zero-order valence-electron chi connectivity index (χ0n) is 19.3. The molecule has 8 N–H and O–H groups in total. The summed E-state index contributed by atoms with van der Waals surface area (Å²) in [6.07, 6.45) is 3.98. The van der Waals surface area contributed by atoms with E-state index in [1.165, 1.54) is 17.4 Å². The van der Waals surface area contributed by atoms with Crippen molar-refractivity contribution >= 4 is 29.6 Å². The second-order valence-corrected chi connectivity index (χ2v) is 8.51. The molecule has 1 fully saturated rings. The molecule has 13 nitrogen and oxygen atoms in total. The summed E-state index contributed by atoms with van der Waals surface area (Å²) in [6.45, 7) is 3.99. The van der Waals surface area contributed by atoms with Gasteiger partial charge in [-0.2, -0.15) is 0 Å². The van der Waals surface area contributed by atoms with Gasteiger partial charge in [-0.1, -0.05) is 20.3 Å². The van der Waals surface area contributed by atoms with Crippen LogP contribution >= 0.6 is 0 Å². The van der Waals surface area contributed by atoms with Crippen molar-refractivity contribution in [1.29, 1.82) is 0 Å². The SMILES string of the molecule is CCC(C)C(N)C(=O)NC(Cc1cnc[nH]1)C(=O)N1CCCC1C(=O)NC(CC(N)=O)C(=O)O. The highest BCUT2D eigenvalue weighted by molar-refractivity contribution is 5.95. The number of H-pyrrole nitrogens is 1. The van der Waals surface area contributed by atoms with E-state index in [9.17, 15) is 29.1 Å². The number of nitrogens with zero attached hydrogens (tertiary/aromatic N) is 2. The third-order valence-electron chi connectivity index (χ3n) is 6.01. The van der Waals surface area contributed by atoms with Gasteiger partial charge in [0.2, 0.25) is 23.6 Å². The van der Waals surface area contributed by atoms with E-state index >= 15 is 0 Å². The second kappa shape index (κ2) is 12.1. The Balaban J connectivity index is 2.19. The van der Waals surface area contributed by atoms with Gasteiger partial charge in [0.05, 0.1) is 18.8 Å². The highest BCUT2D eigenvalue weighted by Gasteiger charge is 2.39. The molecule has 4 amide bonds. The van der Waals surface area contributed by atoms with Gasteiger partial charge >= 0.3 is 5.97 Å². The Morgan fingerprint density at radius 3 is 2.53 bits per heavy atom. The molecule has 188 valence electrons. The van der Waals surface area contributed by atoms with Crippen LogP contribution in [-0.4, -0.2) is 80.3 Å². The zero-order valence-corrected chi connectivity index (χ0v) is 19.3. The predicted octanol–water partition coefficient (Wildman–Crippen LogP) is -1.75. The number of aromatic amines is 1. The normalized spacial score (nSPS) is 19.0. The predicted molar refractivity (Wildman–Crippen MR) is 120 cm³/mol. The average Bonchev–Trinajstić information content (AvgIpc) is 3.48. The number of hydrogen-bond donors (Lipinski definition) is 6. The number of carbonyl (C=O) groups is 5. The Hall–Kier alpha value is -3.48. The van der Waals surface area contributed by atoms with Crippen LogP contribution in [0, 0.1) is 5.92 Å². The molecule has 0 saturated carbocycles. The highest BCUT2D eigenvalue weighted by Crippen LogP contribution is 2.20.